The molecule has 1 aliphatic carbocycles. The highest BCUT2D eigenvalue weighted by Gasteiger charge is 2.26. The summed E-state index contributed by atoms with van der Waals surface area (Å²) >= 11 is 0. The van der Waals surface area contributed by atoms with Gasteiger partial charge in [0.05, 0.1) is 6.10 Å². The quantitative estimate of drug-likeness (QED) is 0.778. The van der Waals surface area contributed by atoms with E-state index >= 15 is 0 Å². The SMILES string of the molecule is CCC(C)CC1CCCc2ccccc2C1O. The molecule has 0 radical (unpaired) electrons. The standard InChI is InChI=1S/C16H24O/c1-3-12(2)11-14-9-6-8-13-7-4-5-10-15(13)16(14)17/h4-5,7,10,12,14,16-17H,3,6,8-9,11H2,1-2H3. The van der Waals surface area contributed by atoms with Crippen LogP contribution in [-0.2, 0) is 6.42 Å². The maximum absolute atomic E-state index is 10.5. The summed E-state index contributed by atoms with van der Waals surface area (Å²) < 4.78 is 0. The molecule has 17 heavy (non-hydrogen) atoms. The van der Waals surface area contributed by atoms with Gasteiger partial charge in [-0.1, -0.05) is 44.5 Å². The van der Waals surface area contributed by atoms with Crippen molar-refractivity contribution in [3.05, 3.63) is 35.4 Å². The first-order valence-corrected chi connectivity index (χ1v) is 6.98. The summed E-state index contributed by atoms with van der Waals surface area (Å²) in [6, 6.07) is 8.41. The van der Waals surface area contributed by atoms with E-state index in [1.54, 1.807) is 0 Å². The van der Waals surface area contributed by atoms with E-state index in [-0.39, 0.29) is 6.10 Å². The van der Waals surface area contributed by atoms with Crippen LogP contribution in [0.3, 0.4) is 0 Å². The number of aliphatic hydroxyl groups is 1. The van der Waals surface area contributed by atoms with Crippen LogP contribution in [0.4, 0.5) is 0 Å². The molecule has 0 aromatic heterocycles. The zero-order chi connectivity index (χ0) is 12.3. The fraction of sp³-hybridized carbons (Fsp3) is 0.625. The third-order valence-electron chi connectivity index (χ3n) is 4.24. The van der Waals surface area contributed by atoms with E-state index in [1.165, 1.54) is 30.4 Å². The third-order valence-corrected chi connectivity index (χ3v) is 4.24. The van der Waals surface area contributed by atoms with E-state index in [2.05, 4.69) is 32.0 Å². The van der Waals surface area contributed by atoms with Crippen LogP contribution in [0, 0.1) is 11.8 Å². The number of aryl methyl sites for hydroxylation is 1. The van der Waals surface area contributed by atoms with Gasteiger partial charge >= 0.3 is 0 Å². The molecule has 3 unspecified atom stereocenters. The summed E-state index contributed by atoms with van der Waals surface area (Å²) in [5.41, 5.74) is 2.53. The lowest BCUT2D eigenvalue weighted by Gasteiger charge is -2.24. The maximum atomic E-state index is 10.5. The van der Waals surface area contributed by atoms with Gasteiger partial charge in [-0.2, -0.15) is 0 Å². The van der Waals surface area contributed by atoms with E-state index in [9.17, 15) is 5.11 Å². The highest BCUT2D eigenvalue weighted by atomic mass is 16.3. The minimum atomic E-state index is -0.248. The molecule has 2 rings (SSSR count). The summed E-state index contributed by atoms with van der Waals surface area (Å²) in [6.07, 6.45) is 5.64. The summed E-state index contributed by atoms with van der Waals surface area (Å²) in [4.78, 5) is 0. The van der Waals surface area contributed by atoms with E-state index < -0.39 is 0 Å². The van der Waals surface area contributed by atoms with Crippen LogP contribution in [0.15, 0.2) is 24.3 Å². The molecule has 1 nitrogen and oxygen atoms in total. The third kappa shape index (κ3) is 2.90. The van der Waals surface area contributed by atoms with Crippen LogP contribution in [0.1, 0.15) is 56.8 Å². The first kappa shape index (κ1) is 12.6. The molecule has 1 heteroatoms. The zero-order valence-electron chi connectivity index (χ0n) is 11.0. The van der Waals surface area contributed by atoms with Crippen LogP contribution in [0.25, 0.3) is 0 Å². The highest BCUT2D eigenvalue weighted by Crippen LogP contribution is 2.36. The second kappa shape index (κ2) is 5.68. The molecule has 0 fully saturated rings. The Kier molecular flexibility index (Phi) is 4.22. The predicted octanol–water partition coefficient (Wildman–Crippen LogP) is 4.11. The van der Waals surface area contributed by atoms with Crippen molar-refractivity contribution in [1.82, 2.24) is 0 Å². The Morgan fingerprint density at radius 3 is 2.88 bits per heavy atom. The summed E-state index contributed by atoms with van der Waals surface area (Å²) in [6.45, 7) is 4.53. The van der Waals surface area contributed by atoms with Gasteiger partial charge in [-0.05, 0) is 48.6 Å². The second-order valence-electron chi connectivity index (χ2n) is 5.55. The molecule has 1 aliphatic rings. The first-order chi connectivity index (χ1) is 8.22. The van der Waals surface area contributed by atoms with Gasteiger partial charge in [-0.25, -0.2) is 0 Å². The molecule has 0 saturated heterocycles. The number of hydrogen-bond donors (Lipinski definition) is 1. The van der Waals surface area contributed by atoms with E-state index in [1.807, 2.05) is 6.07 Å². The number of benzene rings is 1. The number of rotatable bonds is 3. The molecule has 0 saturated carbocycles. The Balaban J connectivity index is 2.17. The van der Waals surface area contributed by atoms with Gasteiger partial charge in [0, 0.05) is 0 Å². The van der Waals surface area contributed by atoms with Gasteiger partial charge < -0.3 is 5.11 Å². The molecule has 0 amide bonds. The van der Waals surface area contributed by atoms with E-state index in [0.717, 1.165) is 18.8 Å². The predicted molar refractivity (Wildman–Crippen MR) is 71.9 cm³/mol. The number of fused-ring (bicyclic) bond motifs is 1. The van der Waals surface area contributed by atoms with Crippen LogP contribution in [0.5, 0.6) is 0 Å². The van der Waals surface area contributed by atoms with Crippen molar-refractivity contribution in [3.8, 4) is 0 Å². The Morgan fingerprint density at radius 1 is 1.35 bits per heavy atom. The van der Waals surface area contributed by atoms with E-state index in [0.29, 0.717) is 5.92 Å². The first-order valence-electron chi connectivity index (χ1n) is 6.98. The smallest absolute Gasteiger partial charge is 0.0820 e. The number of aliphatic hydroxyl groups excluding tert-OH is 1. The van der Waals surface area contributed by atoms with Crippen LogP contribution >= 0.6 is 0 Å². The molecule has 0 heterocycles. The summed E-state index contributed by atoms with van der Waals surface area (Å²) in [5.74, 6) is 1.17. The average Bonchev–Trinajstić information content (AvgIpc) is 2.51. The lowest BCUT2D eigenvalue weighted by atomic mass is 9.85. The van der Waals surface area contributed by atoms with Gasteiger partial charge in [0.1, 0.15) is 0 Å². The molecular formula is C16H24O. The molecule has 94 valence electrons. The van der Waals surface area contributed by atoms with Crippen molar-refractivity contribution in [2.75, 3.05) is 0 Å². The molecule has 0 aliphatic heterocycles. The fourth-order valence-electron chi connectivity index (χ4n) is 2.95. The van der Waals surface area contributed by atoms with Crippen molar-refractivity contribution in [1.29, 1.82) is 0 Å². The fourth-order valence-corrected chi connectivity index (χ4v) is 2.95. The monoisotopic (exact) mass is 232 g/mol. The summed E-state index contributed by atoms with van der Waals surface area (Å²) in [7, 11) is 0. The molecule has 0 spiro atoms. The zero-order valence-corrected chi connectivity index (χ0v) is 11.0. The van der Waals surface area contributed by atoms with Gasteiger partial charge in [0.25, 0.3) is 0 Å². The van der Waals surface area contributed by atoms with Crippen molar-refractivity contribution in [3.63, 3.8) is 0 Å². The maximum Gasteiger partial charge on any atom is 0.0820 e. The largest absolute Gasteiger partial charge is 0.388 e. The van der Waals surface area contributed by atoms with Crippen LogP contribution < -0.4 is 0 Å². The van der Waals surface area contributed by atoms with Crippen molar-refractivity contribution >= 4 is 0 Å². The average molecular weight is 232 g/mol. The molecule has 0 bridgehead atoms. The highest BCUT2D eigenvalue weighted by molar-refractivity contribution is 5.30. The Hall–Kier alpha value is -0.820. The van der Waals surface area contributed by atoms with E-state index in [4.69, 9.17) is 0 Å². The minimum Gasteiger partial charge on any atom is -0.388 e. The molecule has 3 atom stereocenters. The Morgan fingerprint density at radius 2 is 2.12 bits per heavy atom. The van der Waals surface area contributed by atoms with Gasteiger partial charge in [-0.15, -0.1) is 0 Å². The van der Waals surface area contributed by atoms with Gasteiger partial charge in [-0.3, -0.25) is 0 Å². The Bertz CT molecular complexity index is 358. The van der Waals surface area contributed by atoms with Gasteiger partial charge in [0.2, 0.25) is 0 Å². The number of hydrogen-bond acceptors (Lipinski definition) is 1. The Labute approximate surface area is 105 Å². The normalized spacial score (nSPS) is 26.1. The molecule has 1 aromatic carbocycles. The van der Waals surface area contributed by atoms with Crippen molar-refractivity contribution < 1.29 is 5.11 Å². The second-order valence-corrected chi connectivity index (χ2v) is 5.55. The van der Waals surface area contributed by atoms with Crippen molar-refractivity contribution in [2.45, 2.75) is 52.1 Å². The topological polar surface area (TPSA) is 20.2 Å². The molecule has 1 aromatic rings. The van der Waals surface area contributed by atoms with Crippen LogP contribution in [-0.4, -0.2) is 5.11 Å². The molecule has 1 N–H and O–H groups in total. The molecular weight excluding hydrogens is 208 g/mol. The minimum absolute atomic E-state index is 0.248. The van der Waals surface area contributed by atoms with Crippen molar-refractivity contribution in [2.24, 2.45) is 11.8 Å². The lowest BCUT2D eigenvalue weighted by molar-refractivity contribution is 0.0899. The van der Waals surface area contributed by atoms with Crippen LogP contribution in [0.2, 0.25) is 0 Å². The van der Waals surface area contributed by atoms with Gasteiger partial charge in [0.15, 0.2) is 0 Å². The summed E-state index contributed by atoms with van der Waals surface area (Å²) in [5, 5.41) is 10.5. The lowest BCUT2D eigenvalue weighted by Crippen LogP contribution is -2.15.